The van der Waals surface area contributed by atoms with Crippen LogP contribution < -0.4 is 10.1 Å². The van der Waals surface area contributed by atoms with Gasteiger partial charge in [-0.25, -0.2) is 4.79 Å². The van der Waals surface area contributed by atoms with E-state index in [4.69, 9.17) is 13.7 Å². The van der Waals surface area contributed by atoms with E-state index < -0.39 is 28.4 Å². The zero-order chi connectivity index (χ0) is 23.8. The fourth-order valence-electron chi connectivity index (χ4n) is 3.46. The van der Waals surface area contributed by atoms with E-state index in [-0.39, 0.29) is 25.5 Å². The second-order valence-electron chi connectivity index (χ2n) is 7.72. The van der Waals surface area contributed by atoms with Crippen molar-refractivity contribution in [1.29, 1.82) is 0 Å². The molecular formula is C23H28N2O7S. The fourth-order valence-corrected chi connectivity index (χ4v) is 4.11. The Morgan fingerprint density at radius 2 is 1.76 bits per heavy atom. The first-order valence-corrected chi connectivity index (χ1v) is 12.5. The van der Waals surface area contributed by atoms with E-state index in [2.05, 4.69) is 5.32 Å². The minimum atomic E-state index is -3.80. The topological polar surface area (TPSA) is 111 Å². The minimum Gasteiger partial charge on any atom is -0.457 e. The molecule has 0 bridgehead atoms. The molecule has 9 nitrogen and oxygen atoms in total. The molecule has 0 spiro atoms. The number of amides is 2. The van der Waals surface area contributed by atoms with Gasteiger partial charge >= 0.3 is 6.09 Å². The van der Waals surface area contributed by atoms with Gasteiger partial charge in [-0.15, -0.1) is 0 Å². The van der Waals surface area contributed by atoms with Crippen molar-refractivity contribution in [3.05, 3.63) is 60.2 Å². The minimum absolute atomic E-state index is 0.118. The molecule has 1 N–H and O–H groups in total. The smallest absolute Gasteiger partial charge is 0.407 e. The van der Waals surface area contributed by atoms with Gasteiger partial charge in [-0.2, -0.15) is 8.42 Å². The molecule has 2 aromatic rings. The molecule has 2 amide bonds. The number of likely N-dealkylation sites (tertiary alicyclic amines) is 1. The van der Waals surface area contributed by atoms with Crippen molar-refractivity contribution in [2.24, 2.45) is 0 Å². The summed E-state index contributed by atoms with van der Waals surface area (Å²) in [7, 11) is -3.80. The lowest BCUT2D eigenvalue weighted by atomic mass is 10.1. The van der Waals surface area contributed by atoms with Gasteiger partial charge in [0.05, 0.1) is 18.7 Å². The molecule has 1 aliphatic rings. The van der Waals surface area contributed by atoms with Gasteiger partial charge < -0.3 is 19.7 Å². The predicted molar refractivity (Wildman–Crippen MR) is 121 cm³/mol. The lowest BCUT2D eigenvalue weighted by molar-refractivity contribution is -0.130. The molecule has 0 aliphatic carbocycles. The highest BCUT2D eigenvalue weighted by Crippen LogP contribution is 2.27. The Labute approximate surface area is 193 Å². The van der Waals surface area contributed by atoms with Crippen molar-refractivity contribution in [2.45, 2.75) is 38.5 Å². The zero-order valence-corrected chi connectivity index (χ0v) is 19.4. The van der Waals surface area contributed by atoms with Crippen LogP contribution in [0.5, 0.6) is 11.5 Å². The van der Waals surface area contributed by atoms with Crippen LogP contribution in [0, 0.1) is 0 Å². The van der Waals surface area contributed by atoms with Crippen LogP contribution >= 0.6 is 0 Å². The number of nitrogens with zero attached hydrogens (tertiary/aromatic N) is 1. The molecule has 2 aromatic carbocycles. The van der Waals surface area contributed by atoms with E-state index in [9.17, 15) is 18.0 Å². The van der Waals surface area contributed by atoms with Crippen LogP contribution in [-0.2, 0) is 30.4 Å². The second kappa shape index (κ2) is 11.2. The van der Waals surface area contributed by atoms with Gasteiger partial charge in [-0.3, -0.25) is 8.98 Å². The maximum atomic E-state index is 12.7. The molecule has 1 aliphatic heterocycles. The van der Waals surface area contributed by atoms with E-state index >= 15 is 0 Å². The molecule has 178 valence electrons. The van der Waals surface area contributed by atoms with Crippen LogP contribution in [0.2, 0.25) is 0 Å². The summed E-state index contributed by atoms with van der Waals surface area (Å²) in [5.41, 5.74) is 0.809. The van der Waals surface area contributed by atoms with Crippen molar-refractivity contribution >= 4 is 22.1 Å². The quantitative estimate of drug-likeness (QED) is 0.525. The lowest BCUT2D eigenvalue weighted by Crippen LogP contribution is -2.43. The van der Waals surface area contributed by atoms with Crippen molar-refractivity contribution in [3.63, 3.8) is 0 Å². The summed E-state index contributed by atoms with van der Waals surface area (Å²) >= 11 is 0. The van der Waals surface area contributed by atoms with E-state index in [1.165, 1.54) is 4.90 Å². The van der Waals surface area contributed by atoms with Gasteiger partial charge in [-0.05, 0) is 36.2 Å². The monoisotopic (exact) mass is 476 g/mol. The van der Waals surface area contributed by atoms with Gasteiger partial charge in [-0.1, -0.05) is 37.3 Å². The first-order valence-electron chi connectivity index (χ1n) is 10.7. The Balaban J connectivity index is 1.69. The summed E-state index contributed by atoms with van der Waals surface area (Å²) in [6, 6.07) is 15.8. The van der Waals surface area contributed by atoms with E-state index in [1.54, 1.807) is 12.1 Å². The summed E-state index contributed by atoms with van der Waals surface area (Å²) in [4.78, 5) is 26.0. The molecule has 3 rings (SSSR count). The number of carbonyl (C=O) groups is 2. The number of rotatable bonds is 10. The summed E-state index contributed by atoms with van der Waals surface area (Å²) < 4.78 is 39.5. The number of ether oxygens (including phenoxy) is 2. The van der Waals surface area contributed by atoms with Crippen LogP contribution in [0.1, 0.15) is 25.3 Å². The number of para-hydroxylation sites is 1. The Morgan fingerprint density at radius 3 is 2.39 bits per heavy atom. The third-order valence-electron chi connectivity index (χ3n) is 4.98. The molecule has 0 saturated carbocycles. The number of hydrogen-bond donors (Lipinski definition) is 1. The lowest BCUT2D eigenvalue weighted by Gasteiger charge is -2.27. The first kappa shape index (κ1) is 24.5. The summed E-state index contributed by atoms with van der Waals surface area (Å²) in [6.07, 6.45) is -0.0130. The Hall–Kier alpha value is -3.11. The number of hydrogen-bond acceptors (Lipinski definition) is 7. The van der Waals surface area contributed by atoms with Gasteiger partial charge in [0.15, 0.2) is 0 Å². The molecule has 2 atom stereocenters. The maximum Gasteiger partial charge on any atom is 0.407 e. The van der Waals surface area contributed by atoms with E-state index in [0.29, 0.717) is 18.0 Å². The summed E-state index contributed by atoms with van der Waals surface area (Å²) in [5, 5.41) is 2.58. The Morgan fingerprint density at radius 1 is 1.09 bits per heavy atom. The predicted octanol–water partition coefficient (Wildman–Crippen LogP) is 3.06. The number of nitrogens with one attached hydrogen (secondary N) is 1. The van der Waals surface area contributed by atoms with Crippen LogP contribution in [0.15, 0.2) is 54.6 Å². The number of benzene rings is 2. The normalized spacial score (nSPS) is 18.2. The van der Waals surface area contributed by atoms with Crippen molar-refractivity contribution in [3.8, 4) is 11.5 Å². The molecule has 0 radical (unpaired) electrons. The molecule has 10 heteroatoms. The highest BCUT2D eigenvalue weighted by molar-refractivity contribution is 7.86. The van der Waals surface area contributed by atoms with Gasteiger partial charge in [0.25, 0.3) is 10.1 Å². The van der Waals surface area contributed by atoms with E-state index in [0.717, 1.165) is 18.2 Å². The third-order valence-corrected chi connectivity index (χ3v) is 5.58. The molecule has 1 fully saturated rings. The maximum absolute atomic E-state index is 12.7. The van der Waals surface area contributed by atoms with Crippen LogP contribution in [-0.4, -0.2) is 56.9 Å². The van der Waals surface area contributed by atoms with Gasteiger partial charge in [0.1, 0.15) is 24.2 Å². The largest absolute Gasteiger partial charge is 0.457 e. The molecule has 1 heterocycles. The SMILES string of the molecule is CCCNC(=O)OCC1C(OS(C)(=O)=O)CC(=O)N1Cc1ccc(Oc2ccccc2)cc1. The fraction of sp³-hybridized carbons (Fsp3) is 0.391. The summed E-state index contributed by atoms with van der Waals surface area (Å²) in [5.74, 6) is 1.07. The highest BCUT2D eigenvalue weighted by Gasteiger charge is 2.43. The molecule has 1 saturated heterocycles. The molecular weight excluding hydrogens is 448 g/mol. The molecule has 0 aromatic heterocycles. The van der Waals surface area contributed by atoms with Gasteiger partial charge in [0, 0.05) is 13.1 Å². The first-order chi connectivity index (χ1) is 15.7. The van der Waals surface area contributed by atoms with Crippen molar-refractivity contribution in [2.75, 3.05) is 19.4 Å². The average molecular weight is 477 g/mol. The third kappa shape index (κ3) is 7.47. The standard InChI is InChI=1S/C23H28N2O7S/c1-3-13-24-23(27)30-16-20-21(32-33(2,28)29)14-22(26)25(20)15-17-9-11-19(12-10-17)31-18-7-5-4-6-8-18/h4-12,20-21H,3,13-16H2,1-2H3,(H,24,27). The second-order valence-corrected chi connectivity index (χ2v) is 9.32. The number of carbonyl (C=O) groups excluding carboxylic acids is 2. The van der Waals surface area contributed by atoms with Crippen molar-refractivity contribution < 1.29 is 31.7 Å². The number of alkyl carbamates (subject to hydrolysis) is 1. The average Bonchev–Trinajstić information content (AvgIpc) is 3.05. The van der Waals surface area contributed by atoms with Crippen LogP contribution in [0.4, 0.5) is 4.79 Å². The molecule has 33 heavy (non-hydrogen) atoms. The van der Waals surface area contributed by atoms with Crippen LogP contribution in [0.3, 0.4) is 0 Å². The highest BCUT2D eigenvalue weighted by atomic mass is 32.2. The summed E-state index contributed by atoms with van der Waals surface area (Å²) in [6.45, 7) is 2.38. The zero-order valence-electron chi connectivity index (χ0n) is 18.6. The Bertz CT molecular complexity index is 1040. The Kier molecular flexibility index (Phi) is 8.29. The van der Waals surface area contributed by atoms with Crippen LogP contribution in [0.25, 0.3) is 0 Å². The van der Waals surface area contributed by atoms with E-state index in [1.807, 2.05) is 49.4 Å². The van der Waals surface area contributed by atoms with Gasteiger partial charge in [0.2, 0.25) is 5.91 Å². The van der Waals surface area contributed by atoms with Crippen molar-refractivity contribution in [1.82, 2.24) is 10.2 Å². The molecule has 2 unspecified atom stereocenters.